The van der Waals surface area contributed by atoms with Crippen molar-refractivity contribution in [3.63, 3.8) is 0 Å². The zero-order valence-electron chi connectivity index (χ0n) is 8.81. The summed E-state index contributed by atoms with van der Waals surface area (Å²) in [6, 6.07) is 0. The molecule has 0 aliphatic rings. The zero-order chi connectivity index (χ0) is 9.78. The molecule has 0 bridgehead atoms. The molecule has 0 saturated heterocycles. The molecule has 0 rings (SSSR count). The predicted octanol–water partition coefficient (Wildman–Crippen LogP) is 2.76. The molecule has 0 spiro atoms. The molecular formula is C10H20O2. The van der Waals surface area contributed by atoms with E-state index in [9.17, 15) is 4.79 Å². The van der Waals surface area contributed by atoms with E-state index in [4.69, 9.17) is 4.74 Å². The van der Waals surface area contributed by atoms with E-state index in [-0.39, 0.29) is 17.5 Å². The Labute approximate surface area is 75.3 Å². The highest BCUT2D eigenvalue weighted by atomic mass is 16.5. The van der Waals surface area contributed by atoms with E-state index in [0.29, 0.717) is 6.42 Å². The highest BCUT2D eigenvalue weighted by molar-refractivity contribution is 5.69. The molecule has 0 aromatic carbocycles. The molecule has 1 atom stereocenters. The van der Waals surface area contributed by atoms with Crippen LogP contribution in [-0.2, 0) is 9.53 Å². The summed E-state index contributed by atoms with van der Waals surface area (Å²) < 4.78 is 5.22. The van der Waals surface area contributed by atoms with E-state index in [0.717, 1.165) is 6.42 Å². The van der Waals surface area contributed by atoms with Gasteiger partial charge in [0.1, 0.15) is 6.10 Å². The van der Waals surface area contributed by atoms with Gasteiger partial charge in [0.15, 0.2) is 0 Å². The second-order valence-corrected chi connectivity index (χ2v) is 4.25. The number of hydrogen-bond donors (Lipinski definition) is 0. The molecule has 72 valence electrons. The Morgan fingerprint density at radius 1 is 1.42 bits per heavy atom. The normalized spacial score (nSPS) is 14.1. The summed E-state index contributed by atoms with van der Waals surface area (Å²) in [5.74, 6) is -0.0834. The molecule has 0 unspecified atom stereocenters. The minimum Gasteiger partial charge on any atom is -0.462 e. The van der Waals surface area contributed by atoms with Crippen molar-refractivity contribution in [2.45, 2.75) is 53.6 Å². The highest BCUT2D eigenvalue weighted by Gasteiger charge is 2.23. The summed E-state index contributed by atoms with van der Waals surface area (Å²) in [5, 5.41) is 0. The molecule has 0 saturated carbocycles. The number of carbonyl (C=O) groups is 1. The number of carbonyl (C=O) groups excluding carboxylic acids is 1. The van der Waals surface area contributed by atoms with E-state index in [1.54, 1.807) is 0 Å². The third-order valence-corrected chi connectivity index (χ3v) is 1.98. The second-order valence-electron chi connectivity index (χ2n) is 4.25. The Balaban J connectivity index is 3.84. The maximum absolute atomic E-state index is 11.1. The Morgan fingerprint density at radius 3 is 2.25 bits per heavy atom. The Morgan fingerprint density at radius 2 is 1.92 bits per heavy atom. The van der Waals surface area contributed by atoms with Crippen molar-refractivity contribution in [1.29, 1.82) is 0 Å². The van der Waals surface area contributed by atoms with Gasteiger partial charge in [-0.05, 0) is 18.8 Å². The van der Waals surface area contributed by atoms with Gasteiger partial charge in [-0.15, -0.1) is 0 Å². The fourth-order valence-electron chi connectivity index (χ4n) is 0.637. The lowest BCUT2D eigenvalue weighted by Gasteiger charge is -2.26. The van der Waals surface area contributed by atoms with Crippen molar-refractivity contribution in [3.8, 4) is 0 Å². The van der Waals surface area contributed by atoms with Crippen molar-refractivity contribution in [3.05, 3.63) is 0 Å². The molecule has 0 N–H and O–H groups in total. The monoisotopic (exact) mass is 172 g/mol. The first kappa shape index (κ1) is 11.5. The van der Waals surface area contributed by atoms with Crippen LogP contribution in [0.25, 0.3) is 0 Å². The van der Waals surface area contributed by atoms with Gasteiger partial charge in [0.2, 0.25) is 0 Å². The first-order valence-electron chi connectivity index (χ1n) is 4.57. The molecule has 2 nitrogen and oxygen atoms in total. The molecule has 0 aliphatic carbocycles. The van der Waals surface area contributed by atoms with E-state index in [1.165, 1.54) is 0 Å². The summed E-state index contributed by atoms with van der Waals surface area (Å²) in [4.78, 5) is 11.1. The van der Waals surface area contributed by atoms with Gasteiger partial charge in [0, 0.05) is 6.42 Å². The third kappa shape index (κ3) is 4.37. The molecule has 0 radical (unpaired) electrons. The maximum atomic E-state index is 11.1. The highest BCUT2D eigenvalue weighted by Crippen LogP contribution is 2.21. The maximum Gasteiger partial charge on any atom is 0.306 e. The number of ether oxygens (including phenoxy) is 1. The van der Waals surface area contributed by atoms with Gasteiger partial charge in [-0.1, -0.05) is 27.7 Å². The Bertz CT molecular complexity index is 144. The van der Waals surface area contributed by atoms with Gasteiger partial charge in [-0.25, -0.2) is 0 Å². The molecule has 0 heterocycles. The smallest absolute Gasteiger partial charge is 0.306 e. The molecule has 0 amide bonds. The lowest BCUT2D eigenvalue weighted by atomic mass is 9.90. The van der Waals surface area contributed by atoms with Crippen molar-refractivity contribution >= 4 is 5.97 Å². The number of hydrogen-bond acceptors (Lipinski definition) is 2. The van der Waals surface area contributed by atoms with Crippen LogP contribution in [0.5, 0.6) is 0 Å². The van der Waals surface area contributed by atoms with E-state index in [1.807, 2.05) is 13.8 Å². The van der Waals surface area contributed by atoms with Crippen LogP contribution in [0.4, 0.5) is 0 Å². The van der Waals surface area contributed by atoms with E-state index < -0.39 is 0 Å². The van der Waals surface area contributed by atoms with E-state index >= 15 is 0 Å². The van der Waals surface area contributed by atoms with Crippen LogP contribution in [0, 0.1) is 5.41 Å². The second kappa shape index (κ2) is 4.48. The summed E-state index contributed by atoms with van der Waals surface area (Å²) in [5.41, 5.74) is 0.0450. The van der Waals surface area contributed by atoms with Crippen LogP contribution >= 0.6 is 0 Å². The van der Waals surface area contributed by atoms with E-state index in [2.05, 4.69) is 20.8 Å². The van der Waals surface area contributed by atoms with Crippen LogP contribution in [0.15, 0.2) is 0 Å². The first-order valence-corrected chi connectivity index (χ1v) is 4.57. The summed E-state index contributed by atoms with van der Waals surface area (Å²) in [6.07, 6.45) is 1.38. The largest absolute Gasteiger partial charge is 0.462 e. The fourth-order valence-corrected chi connectivity index (χ4v) is 0.637. The molecular weight excluding hydrogens is 152 g/mol. The minimum absolute atomic E-state index is 0.00319. The lowest BCUT2D eigenvalue weighted by molar-refractivity contribution is -0.153. The molecule has 12 heavy (non-hydrogen) atoms. The lowest BCUT2D eigenvalue weighted by Crippen LogP contribution is -2.28. The van der Waals surface area contributed by atoms with Crippen LogP contribution in [0.1, 0.15) is 47.5 Å². The fraction of sp³-hybridized carbons (Fsp3) is 0.900. The van der Waals surface area contributed by atoms with Crippen LogP contribution in [-0.4, -0.2) is 12.1 Å². The topological polar surface area (TPSA) is 26.3 Å². The average molecular weight is 172 g/mol. The zero-order valence-corrected chi connectivity index (χ0v) is 8.81. The summed E-state index contributed by atoms with van der Waals surface area (Å²) in [7, 11) is 0. The van der Waals surface area contributed by atoms with Gasteiger partial charge in [0.25, 0.3) is 0 Å². The van der Waals surface area contributed by atoms with Crippen LogP contribution in [0.2, 0.25) is 0 Å². The standard InChI is InChI=1S/C10H20O2/c1-6-7-9(11)12-8(2)10(3,4)5/h8H,6-7H2,1-5H3/t8-/m1/s1. The minimum atomic E-state index is -0.0834. The van der Waals surface area contributed by atoms with Gasteiger partial charge in [0.05, 0.1) is 0 Å². The number of rotatable bonds is 3. The van der Waals surface area contributed by atoms with Crippen molar-refractivity contribution in [2.75, 3.05) is 0 Å². The predicted molar refractivity (Wildman–Crippen MR) is 49.9 cm³/mol. The van der Waals surface area contributed by atoms with Gasteiger partial charge >= 0.3 is 5.97 Å². The molecule has 2 heteroatoms. The Hall–Kier alpha value is -0.530. The molecule has 0 fully saturated rings. The first-order chi connectivity index (χ1) is 5.38. The molecule has 0 aromatic rings. The SMILES string of the molecule is CCCC(=O)O[C@H](C)C(C)(C)C. The number of esters is 1. The van der Waals surface area contributed by atoms with Gasteiger partial charge < -0.3 is 4.74 Å². The van der Waals surface area contributed by atoms with Crippen molar-refractivity contribution in [2.24, 2.45) is 5.41 Å². The van der Waals surface area contributed by atoms with Crippen molar-refractivity contribution < 1.29 is 9.53 Å². The summed E-state index contributed by atoms with van der Waals surface area (Å²) in [6.45, 7) is 10.1. The van der Waals surface area contributed by atoms with Gasteiger partial charge in [-0.2, -0.15) is 0 Å². The van der Waals surface area contributed by atoms with Crippen LogP contribution < -0.4 is 0 Å². The Kier molecular flexibility index (Phi) is 4.29. The molecule has 0 aromatic heterocycles. The van der Waals surface area contributed by atoms with Crippen LogP contribution in [0.3, 0.4) is 0 Å². The molecule has 0 aliphatic heterocycles. The average Bonchev–Trinajstić information content (AvgIpc) is 1.85. The van der Waals surface area contributed by atoms with Crippen molar-refractivity contribution in [1.82, 2.24) is 0 Å². The summed E-state index contributed by atoms with van der Waals surface area (Å²) >= 11 is 0. The quantitative estimate of drug-likeness (QED) is 0.612. The third-order valence-electron chi connectivity index (χ3n) is 1.98. The van der Waals surface area contributed by atoms with Gasteiger partial charge in [-0.3, -0.25) is 4.79 Å².